The van der Waals surface area contributed by atoms with Gasteiger partial charge in [0, 0.05) is 12.4 Å². The molecule has 0 saturated carbocycles. The molecule has 1 aromatic carbocycles. The Balaban J connectivity index is 2.03. The lowest BCUT2D eigenvalue weighted by Crippen LogP contribution is -2.54. The molecule has 0 unspecified atom stereocenters. The molecule has 1 aliphatic heterocycles. The second-order valence-corrected chi connectivity index (χ2v) is 6.71. The summed E-state index contributed by atoms with van der Waals surface area (Å²) in [6.07, 6.45) is 4.31. The largest absolute Gasteiger partial charge is 0.490 e. The zero-order valence-electron chi connectivity index (χ0n) is 15.8. The fourth-order valence-corrected chi connectivity index (χ4v) is 3.34. The first-order chi connectivity index (χ1) is 14.0. The SMILES string of the molecule is CCOc1cc(/C=C2\C(=O)NC(=O)N(c3ccncc3)C2=O)cc(Br)c1OCC. The van der Waals surface area contributed by atoms with Gasteiger partial charge in [0.05, 0.1) is 23.4 Å². The van der Waals surface area contributed by atoms with Crippen molar-refractivity contribution in [2.45, 2.75) is 13.8 Å². The van der Waals surface area contributed by atoms with Crippen LogP contribution in [0.25, 0.3) is 6.08 Å². The lowest BCUT2D eigenvalue weighted by atomic mass is 10.1. The van der Waals surface area contributed by atoms with Gasteiger partial charge in [0.15, 0.2) is 11.5 Å². The maximum atomic E-state index is 12.9. The van der Waals surface area contributed by atoms with Crippen molar-refractivity contribution in [1.29, 1.82) is 0 Å². The van der Waals surface area contributed by atoms with Crippen molar-refractivity contribution in [3.05, 3.63) is 52.3 Å². The van der Waals surface area contributed by atoms with Crippen LogP contribution < -0.4 is 19.7 Å². The Morgan fingerprint density at radius 1 is 1.10 bits per heavy atom. The Kier molecular flexibility index (Phi) is 6.28. The van der Waals surface area contributed by atoms with Crippen molar-refractivity contribution in [3.63, 3.8) is 0 Å². The molecule has 1 saturated heterocycles. The highest BCUT2D eigenvalue weighted by molar-refractivity contribution is 9.10. The van der Waals surface area contributed by atoms with E-state index < -0.39 is 17.8 Å². The number of anilines is 1. The van der Waals surface area contributed by atoms with E-state index in [4.69, 9.17) is 9.47 Å². The summed E-state index contributed by atoms with van der Waals surface area (Å²) in [5, 5.41) is 2.19. The molecule has 2 aromatic rings. The first-order valence-corrected chi connectivity index (χ1v) is 9.66. The summed E-state index contributed by atoms with van der Waals surface area (Å²) in [6, 6.07) is 5.57. The number of benzene rings is 1. The van der Waals surface area contributed by atoms with Crippen molar-refractivity contribution in [1.82, 2.24) is 10.3 Å². The van der Waals surface area contributed by atoms with Crippen LogP contribution in [-0.4, -0.2) is 36.0 Å². The van der Waals surface area contributed by atoms with Crippen LogP contribution >= 0.6 is 15.9 Å². The van der Waals surface area contributed by atoms with E-state index in [9.17, 15) is 14.4 Å². The fourth-order valence-electron chi connectivity index (χ4n) is 2.77. The third-order valence-corrected chi connectivity index (χ3v) is 4.54. The van der Waals surface area contributed by atoms with E-state index in [1.54, 1.807) is 12.1 Å². The number of urea groups is 1. The molecule has 0 atom stereocenters. The topological polar surface area (TPSA) is 97.8 Å². The minimum atomic E-state index is -0.814. The van der Waals surface area contributed by atoms with E-state index in [0.717, 1.165) is 4.90 Å². The number of halogens is 1. The van der Waals surface area contributed by atoms with Crippen LogP contribution in [0.3, 0.4) is 0 Å². The van der Waals surface area contributed by atoms with Gasteiger partial charge in [-0.25, -0.2) is 9.69 Å². The number of nitrogens with one attached hydrogen (secondary N) is 1. The number of carbonyl (C=O) groups excluding carboxylic acids is 3. The van der Waals surface area contributed by atoms with E-state index in [2.05, 4.69) is 26.2 Å². The van der Waals surface area contributed by atoms with Gasteiger partial charge in [-0.3, -0.25) is 19.9 Å². The van der Waals surface area contributed by atoms with Crippen LogP contribution in [0, 0.1) is 0 Å². The van der Waals surface area contributed by atoms with E-state index >= 15 is 0 Å². The maximum absolute atomic E-state index is 12.9. The lowest BCUT2D eigenvalue weighted by molar-refractivity contribution is -0.122. The van der Waals surface area contributed by atoms with Crippen molar-refractivity contribution in [2.24, 2.45) is 0 Å². The van der Waals surface area contributed by atoms with Crippen LogP contribution in [0.15, 0.2) is 46.7 Å². The molecule has 29 heavy (non-hydrogen) atoms. The lowest BCUT2D eigenvalue weighted by Gasteiger charge is -2.26. The summed E-state index contributed by atoms with van der Waals surface area (Å²) in [5.41, 5.74) is 0.662. The van der Waals surface area contributed by atoms with Gasteiger partial charge in [0.25, 0.3) is 11.8 Å². The summed E-state index contributed by atoms with van der Waals surface area (Å²) in [7, 11) is 0. The Bertz CT molecular complexity index is 991. The Morgan fingerprint density at radius 3 is 2.45 bits per heavy atom. The van der Waals surface area contributed by atoms with Gasteiger partial charge in [0.1, 0.15) is 5.57 Å². The summed E-state index contributed by atoms with van der Waals surface area (Å²) in [5.74, 6) is -0.494. The number of hydrogen-bond acceptors (Lipinski definition) is 6. The van der Waals surface area contributed by atoms with Gasteiger partial charge < -0.3 is 9.47 Å². The predicted molar refractivity (Wildman–Crippen MR) is 110 cm³/mol. The number of amides is 4. The molecule has 0 aliphatic carbocycles. The number of ether oxygens (including phenoxy) is 2. The van der Waals surface area contributed by atoms with Crippen molar-refractivity contribution >= 4 is 45.5 Å². The van der Waals surface area contributed by atoms with Gasteiger partial charge in [-0.15, -0.1) is 0 Å². The molecule has 1 aromatic heterocycles. The summed E-state index contributed by atoms with van der Waals surface area (Å²) >= 11 is 3.43. The molecule has 8 nitrogen and oxygen atoms in total. The summed E-state index contributed by atoms with van der Waals surface area (Å²) < 4.78 is 11.8. The van der Waals surface area contributed by atoms with Crippen LogP contribution in [0.1, 0.15) is 19.4 Å². The average Bonchev–Trinajstić information content (AvgIpc) is 2.69. The molecule has 9 heteroatoms. The number of imide groups is 2. The van der Waals surface area contributed by atoms with Gasteiger partial charge in [-0.2, -0.15) is 0 Å². The molecule has 2 heterocycles. The molecule has 1 N–H and O–H groups in total. The zero-order valence-corrected chi connectivity index (χ0v) is 17.4. The smallest absolute Gasteiger partial charge is 0.335 e. The third kappa shape index (κ3) is 4.29. The molecular weight excluding hydrogens is 442 g/mol. The number of pyridine rings is 1. The minimum Gasteiger partial charge on any atom is -0.490 e. The van der Waals surface area contributed by atoms with Crippen molar-refractivity contribution < 1.29 is 23.9 Å². The summed E-state index contributed by atoms with van der Waals surface area (Å²) in [4.78, 5) is 42.2. The fraction of sp³-hybridized carbons (Fsp3) is 0.200. The molecular formula is C20H18BrN3O5. The van der Waals surface area contributed by atoms with Crippen LogP contribution in [0.4, 0.5) is 10.5 Å². The van der Waals surface area contributed by atoms with Gasteiger partial charge in [-0.1, -0.05) is 0 Å². The van der Waals surface area contributed by atoms with Gasteiger partial charge in [-0.05, 0) is 65.7 Å². The molecule has 4 amide bonds. The minimum absolute atomic E-state index is 0.181. The number of carbonyl (C=O) groups is 3. The zero-order chi connectivity index (χ0) is 21.0. The normalized spacial score (nSPS) is 15.5. The molecule has 1 fully saturated rings. The van der Waals surface area contributed by atoms with E-state index in [1.807, 2.05) is 13.8 Å². The average molecular weight is 460 g/mol. The van der Waals surface area contributed by atoms with E-state index in [-0.39, 0.29) is 5.57 Å². The molecule has 150 valence electrons. The Morgan fingerprint density at radius 2 is 1.79 bits per heavy atom. The Hall–Kier alpha value is -3.20. The monoisotopic (exact) mass is 459 g/mol. The predicted octanol–water partition coefficient (Wildman–Crippen LogP) is 3.31. The van der Waals surface area contributed by atoms with Crippen LogP contribution in [0.5, 0.6) is 11.5 Å². The van der Waals surface area contributed by atoms with Crippen LogP contribution in [0.2, 0.25) is 0 Å². The molecule has 3 rings (SSSR count). The quantitative estimate of drug-likeness (QED) is 0.525. The molecule has 0 radical (unpaired) electrons. The van der Waals surface area contributed by atoms with Crippen molar-refractivity contribution in [2.75, 3.05) is 18.1 Å². The number of nitrogens with zero attached hydrogens (tertiary/aromatic N) is 2. The second kappa shape index (κ2) is 8.87. The molecule has 0 bridgehead atoms. The van der Waals surface area contributed by atoms with E-state index in [0.29, 0.717) is 40.4 Å². The summed E-state index contributed by atoms with van der Waals surface area (Å²) in [6.45, 7) is 4.55. The van der Waals surface area contributed by atoms with Gasteiger partial charge in [0.2, 0.25) is 0 Å². The van der Waals surface area contributed by atoms with Crippen LogP contribution in [-0.2, 0) is 9.59 Å². The van der Waals surface area contributed by atoms with E-state index in [1.165, 1.54) is 30.6 Å². The highest BCUT2D eigenvalue weighted by atomic mass is 79.9. The van der Waals surface area contributed by atoms with Crippen molar-refractivity contribution in [3.8, 4) is 11.5 Å². The number of hydrogen-bond donors (Lipinski definition) is 1. The standard InChI is InChI=1S/C20H18BrN3O5/c1-3-28-16-11-12(10-15(21)17(16)29-4-2)9-14-18(25)23-20(27)24(19(14)26)13-5-7-22-8-6-13/h5-11H,3-4H2,1-2H3,(H,23,25,27)/b14-9+. The first-order valence-electron chi connectivity index (χ1n) is 8.86. The Labute approximate surface area is 175 Å². The number of rotatable bonds is 6. The highest BCUT2D eigenvalue weighted by Crippen LogP contribution is 2.37. The highest BCUT2D eigenvalue weighted by Gasteiger charge is 2.36. The molecule has 1 aliphatic rings. The van der Waals surface area contributed by atoms with Gasteiger partial charge >= 0.3 is 6.03 Å². The first kappa shape index (κ1) is 20.5. The molecule has 0 spiro atoms. The number of barbiturate groups is 1. The second-order valence-electron chi connectivity index (χ2n) is 5.86. The third-order valence-electron chi connectivity index (χ3n) is 3.95. The number of aromatic nitrogens is 1. The maximum Gasteiger partial charge on any atom is 0.335 e.